The van der Waals surface area contributed by atoms with Crippen LogP contribution in [0.15, 0.2) is 23.1 Å². The second-order valence-electron chi connectivity index (χ2n) is 3.87. The molecule has 0 saturated heterocycles. The first-order valence-electron chi connectivity index (χ1n) is 5.11. The number of aliphatic hydroxyl groups is 3. The molecule has 0 bridgehead atoms. The van der Waals surface area contributed by atoms with Crippen LogP contribution in [0, 0.1) is 5.82 Å². The zero-order valence-electron chi connectivity index (χ0n) is 9.43. The van der Waals surface area contributed by atoms with Crippen LogP contribution in [0.1, 0.15) is 10.4 Å². The van der Waals surface area contributed by atoms with Gasteiger partial charge >= 0.3 is 0 Å². The van der Waals surface area contributed by atoms with Crippen molar-refractivity contribution in [3.05, 3.63) is 29.6 Å². The summed E-state index contributed by atoms with van der Waals surface area (Å²) in [5.74, 6) is -1.60. The highest BCUT2D eigenvalue weighted by Crippen LogP contribution is 2.14. The summed E-state index contributed by atoms with van der Waals surface area (Å²) in [4.78, 5) is 12.2. The molecule has 0 aliphatic carbocycles. The maximum absolute atomic E-state index is 13.4. The Kier molecular flexibility index (Phi) is 5.09. The van der Waals surface area contributed by atoms with E-state index >= 15 is 0 Å². The molecule has 1 amide bonds. The molecule has 0 radical (unpaired) electrons. The minimum Gasteiger partial charge on any atom is -0.394 e. The first kappa shape index (κ1) is 14.9. The van der Waals surface area contributed by atoms with Gasteiger partial charge in [0.2, 0.25) is 0 Å². The van der Waals surface area contributed by atoms with Gasteiger partial charge in [0.25, 0.3) is 5.91 Å². The van der Waals surface area contributed by atoms with E-state index in [-0.39, 0.29) is 5.56 Å². The first-order chi connectivity index (χ1) is 8.48. The largest absolute Gasteiger partial charge is 0.394 e. The van der Waals surface area contributed by atoms with Crippen LogP contribution in [0.25, 0.3) is 0 Å². The molecule has 1 rings (SSSR count). The van der Waals surface area contributed by atoms with Crippen molar-refractivity contribution in [2.24, 2.45) is 0 Å². The van der Waals surface area contributed by atoms with Crippen LogP contribution >= 0.6 is 12.6 Å². The molecule has 0 aliphatic rings. The Morgan fingerprint density at radius 2 is 1.83 bits per heavy atom. The summed E-state index contributed by atoms with van der Waals surface area (Å²) in [6, 6.07) is 3.67. The summed E-state index contributed by atoms with van der Waals surface area (Å²) in [5, 5.41) is 29.4. The molecule has 0 unspecified atom stereocenters. The smallest absolute Gasteiger partial charge is 0.254 e. The van der Waals surface area contributed by atoms with Crippen LogP contribution in [-0.2, 0) is 0 Å². The second kappa shape index (κ2) is 6.14. The molecular formula is C11H14FNO4S. The zero-order valence-corrected chi connectivity index (χ0v) is 10.3. The van der Waals surface area contributed by atoms with Crippen molar-refractivity contribution in [1.82, 2.24) is 5.32 Å². The molecule has 0 heterocycles. The minimum atomic E-state index is -1.59. The number of carbonyl (C=O) groups excluding carboxylic acids is 1. The molecule has 5 nitrogen and oxygen atoms in total. The number of rotatable bonds is 5. The number of thiol groups is 1. The molecule has 4 N–H and O–H groups in total. The number of hydrogen-bond donors (Lipinski definition) is 5. The van der Waals surface area contributed by atoms with E-state index in [0.29, 0.717) is 4.90 Å². The van der Waals surface area contributed by atoms with Gasteiger partial charge < -0.3 is 20.6 Å². The van der Waals surface area contributed by atoms with Crippen molar-refractivity contribution in [1.29, 1.82) is 0 Å². The lowest BCUT2D eigenvalue weighted by molar-refractivity contribution is 0.0373. The van der Waals surface area contributed by atoms with Crippen molar-refractivity contribution in [3.8, 4) is 0 Å². The van der Waals surface area contributed by atoms with Crippen LogP contribution in [0.5, 0.6) is 0 Å². The quantitative estimate of drug-likeness (QED) is 0.471. The number of nitrogens with one attached hydrogen (secondary N) is 1. The molecule has 1 aromatic rings. The lowest BCUT2D eigenvalue weighted by Crippen LogP contribution is -2.57. The fourth-order valence-corrected chi connectivity index (χ4v) is 1.47. The van der Waals surface area contributed by atoms with E-state index in [1.807, 2.05) is 0 Å². The SMILES string of the molecule is O=C(NC(CO)(CO)CO)c1cc(S)ccc1F. The molecule has 18 heavy (non-hydrogen) atoms. The van der Waals surface area contributed by atoms with E-state index in [4.69, 9.17) is 15.3 Å². The molecule has 0 spiro atoms. The van der Waals surface area contributed by atoms with Crippen molar-refractivity contribution in [2.45, 2.75) is 10.4 Å². The van der Waals surface area contributed by atoms with Gasteiger partial charge in [0.15, 0.2) is 0 Å². The fourth-order valence-electron chi connectivity index (χ4n) is 1.26. The van der Waals surface area contributed by atoms with E-state index in [1.54, 1.807) is 0 Å². The summed E-state index contributed by atoms with van der Waals surface area (Å²) in [6.45, 7) is -2.02. The number of benzene rings is 1. The van der Waals surface area contributed by atoms with Crippen molar-refractivity contribution in [3.63, 3.8) is 0 Å². The van der Waals surface area contributed by atoms with Crippen LogP contribution in [0.4, 0.5) is 4.39 Å². The van der Waals surface area contributed by atoms with Crippen LogP contribution in [0.3, 0.4) is 0 Å². The number of halogens is 1. The predicted octanol–water partition coefficient (Wildman–Crippen LogP) is -0.440. The first-order valence-corrected chi connectivity index (χ1v) is 5.56. The predicted molar refractivity (Wildman–Crippen MR) is 65.1 cm³/mol. The van der Waals surface area contributed by atoms with Crippen LogP contribution in [-0.4, -0.2) is 46.6 Å². The Balaban J connectivity index is 2.97. The normalized spacial score (nSPS) is 11.4. The van der Waals surface area contributed by atoms with Gasteiger partial charge in [0, 0.05) is 4.90 Å². The number of aliphatic hydroxyl groups excluding tert-OH is 3. The maximum Gasteiger partial charge on any atom is 0.254 e. The van der Waals surface area contributed by atoms with E-state index in [1.165, 1.54) is 12.1 Å². The van der Waals surface area contributed by atoms with Gasteiger partial charge in [-0.2, -0.15) is 0 Å². The van der Waals surface area contributed by atoms with Crippen molar-refractivity contribution < 1.29 is 24.5 Å². The summed E-state index contributed by atoms with van der Waals surface area (Å²) < 4.78 is 13.4. The van der Waals surface area contributed by atoms with E-state index in [0.717, 1.165) is 6.07 Å². The molecule has 1 aromatic carbocycles. The summed E-state index contributed by atoms with van der Waals surface area (Å²) in [6.07, 6.45) is 0. The molecule has 0 saturated carbocycles. The van der Waals surface area contributed by atoms with Gasteiger partial charge in [0.05, 0.1) is 25.4 Å². The van der Waals surface area contributed by atoms with Gasteiger partial charge in [-0.25, -0.2) is 4.39 Å². The van der Waals surface area contributed by atoms with Gasteiger partial charge in [-0.1, -0.05) is 0 Å². The maximum atomic E-state index is 13.4. The molecule has 0 aliphatic heterocycles. The van der Waals surface area contributed by atoms with Gasteiger partial charge in [0.1, 0.15) is 11.4 Å². The summed E-state index contributed by atoms with van der Waals surface area (Å²) in [7, 11) is 0. The molecular weight excluding hydrogens is 261 g/mol. The van der Waals surface area contributed by atoms with Crippen LogP contribution in [0.2, 0.25) is 0 Å². The average molecular weight is 275 g/mol. The minimum absolute atomic E-state index is 0.276. The van der Waals surface area contributed by atoms with Crippen molar-refractivity contribution in [2.75, 3.05) is 19.8 Å². The highest BCUT2D eigenvalue weighted by atomic mass is 32.1. The Morgan fingerprint density at radius 3 is 2.33 bits per heavy atom. The molecule has 100 valence electrons. The lowest BCUT2D eigenvalue weighted by atomic mass is 10.0. The Bertz CT molecular complexity index is 429. The monoisotopic (exact) mass is 275 g/mol. The van der Waals surface area contributed by atoms with Crippen molar-refractivity contribution >= 4 is 18.5 Å². The molecule has 0 aromatic heterocycles. The Labute approximate surface area is 109 Å². The summed E-state index contributed by atoms with van der Waals surface area (Å²) in [5.41, 5.74) is -1.86. The van der Waals surface area contributed by atoms with Gasteiger partial charge in [-0.3, -0.25) is 4.79 Å². The highest BCUT2D eigenvalue weighted by Gasteiger charge is 2.31. The number of carbonyl (C=O) groups is 1. The third-order valence-electron chi connectivity index (χ3n) is 2.48. The van der Waals surface area contributed by atoms with E-state index < -0.39 is 37.1 Å². The van der Waals surface area contributed by atoms with Crippen LogP contribution < -0.4 is 5.32 Å². The standard InChI is InChI=1S/C11H14FNO4S/c12-9-2-1-7(18)3-8(9)10(17)13-11(4-14,5-15)6-16/h1-3,14-16,18H,4-6H2,(H,13,17). The Hall–Kier alpha value is -1.15. The lowest BCUT2D eigenvalue weighted by Gasteiger charge is -2.28. The average Bonchev–Trinajstić information content (AvgIpc) is 2.38. The second-order valence-corrected chi connectivity index (χ2v) is 4.39. The molecule has 7 heteroatoms. The summed E-state index contributed by atoms with van der Waals surface area (Å²) >= 11 is 3.98. The third-order valence-corrected chi connectivity index (χ3v) is 2.76. The number of amides is 1. The fraction of sp³-hybridized carbons (Fsp3) is 0.364. The van der Waals surface area contributed by atoms with Gasteiger partial charge in [-0.05, 0) is 18.2 Å². The highest BCUT2D eigenvalue weighted by molar-refractivity contribution is 7.80. The van der Waals surface area contributed by atoms with E-state index in [9.17, 15) is 9.18 Å². The van der Waals surface area contributed by atoms with Gasteiger partial charge in [-0.15, -0.1) is 12.6 Å². The number of hydrogen-bond acceptors (Lipinski definition) is 5. The molecule has 0 atom stereocenters. The third kappa shape index (κ3) is 3.20. The topological polar surface area (TPSA) is 89.8 Å². The zero-order chi connectivity index (χ0) is 13.8. The van der Waals surface area contributed by atoms with E-state index in [2.05, 4.69) is 17.9 Å². The molecule has 0 fully saturated rings. The Morgan fingerprint density at radius 1 is 1.28 bits per heavy atom.